The van der Waals surface area contributed by atoms with E-state index >= 15 is 0 Å². The second-order valence-corrected chi connectivity index (χ2v) is 6.76. The topological polar surface area (TPSA) is 43.8 Å². The summed E-state index contributed by atoms with van der Waals surface area (Å²) in [6, 6.07) is 12.4. The van der Waals surface area contributed by atoms with Gasteiger partial charge in [-0.05, 0) is 29.3 Å². The Balaban J connectivity index is 1.53. The van der Waals surface area contributed by atoms with Gasteiger partial charge in [0, 0.05) is 39.3 Å². The molecule has 0 aliphatic carbocycles. The molecule has 7 heteroatoms. The number of alkyl halides is 3. The van der Waals surface area contributed by atoms with Crippen molar-refractivity contribution in [2.24, 2.45) is 0 Å². The van der Waals surface area contributed by atoms with Crippen molar-refractivity contribution < 1.29 is 23.1 Å². The minimum absolute atomic E-state index is 0.274. The Labute approximate surface area is 155 Å². The van der Waals surface area contributed by atoms with Crippen molar-refractivity contribution in [3.63, 3.8) is 0 Å². The van der Waals surface area contributed by atoms with E-state index in [1.54, 1.807) is 24.3 Å². The quantitative estimate of drug-likeness (QED) is 0.861. The van der Waals surface area contributed by atoms with E-state index in [0.29, 0.717) is 18.7 Å². The summed E-state index contributed by atoms with van der Waals surface area (Å²) >= 11 is 0. The second-order valence-electron chi connectivity index (χ2n) is 6.76. The van der Waals surface area contributed by atoms with E-state index < -0.39 is 17.7 Å². The molecule has 0 bridgehead atoms. The van der Waals surface area contributed by atoms with Crippen molar-refractivity contribution in [3.05, 3.63) is 70.8 Å². The average Bonchev–Trinajstić information content (AvgIpc) is 2.63. The first-order valence-electron chi connectivity index (χ1n) is 8.74. The highest BCUT2D eigenvalue weighted by atomic mass is 19.4. The van der Waals surface area contributed by atoms with Crippen LogP contribution in [0.1, 0.15) is 27.0 Å². The highest BCUT2D eigenvalue weighted by molar-refractivity contribution is 5.87. The van der Waals surface area contributed by atoms with Gasteiger partial charge in [-0.15, -0.1) is 0 Å². The summed E-state index contributed by atoms with van der Waals surface area (Å²) in [7, 11) is 0. The molecule has 1 heterocycles. The summed E-state index contributed by atoms with van der Waals surface area (Å²) in [4.78, 5) is 15.4. The third kappa shape index (κ3) is 5.30. The van der Waals surface area contributed by atoms with E-state index in [0.717, 1.165) is 37.8 Å². The molecule has 1 aliphatic heterocycles. The summed E-state index contributed by atoms with van der Waals surface area (Å²) in [5.74, 6) is -0.942. The Morgan fingerprint density at radius 2 is 1.41 bits per heavy atom. The van der Waals surface area contributed by atoms with E-state index in [1.807, 2.05) is 6.07 Å². The first kappa shape index (κ1) is 19.4. The van der Waals surface area contributed by atoms with Crippen molar-refractivity contribution >= 4 is 5.97 Å². The first-order chi connectivity index (χ1) is 12.8. The number of carbonyl (C=O) groups is 1. The van der Waals surface area contributed by atoms with Crippen molar-refractivity contribution in [1.29, 1.82) is 0 Å². The van der Waals surface area contributed by atoms with Gasteiger partial charge in [-0.1, -0.05) is 30.3 Å². The maximum Gasteiger partial charge on any atom is 0.416 e. The molecule has 27 heavy (non-hydrogen) atoms. The number of piperazine rings is 1. The number of aromatic carboxylic acids is 1. The lowest BCUT2D eigenvalue weighted by Gasteiger charge is -2.34. The maximum atomic E-state index is 12.8. The fraction of sp³-hybridized carbons (Fsp3) is 0.350. The smallest absolute Gasteiger partial charge is 0.416 e. The summed E-state index contributed by atoms with van der Waals surface area (Å²) in [6.07, 6.45) is -4.32. The SMILES string of the molecule is O=C(O)c1cccc(CN2CCN(Cc3cccc(C(F)(F)F)c3)CC2)c1. The fourth-order valence-electron chi connectivity index (χ4n) is 3.27. The number of carboxylic acids is 1. The number of carboxylic acid groups (broad SMARTS) is 1. The van der Waals surface area contributed by atoms with Crippen LogP contribution in [0, 0.1) is 0 Å². The fourth-order valence-corrected chi connectivity index (χ4v) is 3.27. The lowest BCUT2D eigenvalue weighted by Crippen LogP contribution is -2.45. The molecular formula is C20H21F3N2O2. The summed E-state index contributed by atoms with van der Waals surface area (Å²) in [5.41, 5.74) is 1.27. The molecule has 0 spiro atoms. The molecule has 4 nitrogen and oxygen atoms in total. The van der Waals surface area contributed by atoms with Gasteiger partial charge in [0.05, 0.1) is 11.1 Å². The van der Waals surface area contributed by atoms with E-state index in [1.165, 1.54) is 12.1 Å². The lowest BCUT2D eigenvalue weighted by atomic mass is 10.1. The van der Waals surface area contributed by atoms with Crippen LogP contribution in [0.3, 0.4) is 0 Å². The lowest BCUT2D eigenvalue weighted by molar-refractivity contribution is -0.137. The number of benzene rings is 2. The van der Waals surface area contributed by atoms with E-state index in [2.05, 4.69) is 9.80 Å². The van der Waals surface area contributed by atoms with E-state index in [9.17, 15) is 18.0 Å². The molecule has 1 aliphatic rings. The van der Waals surface area contributed by atoms with Crippen LogP contribution < -0.4 is 0 Å². The summed E-state index contributed by atoms with van der Waals surface area (Å²) in [6.45, 7) is 4.25. The van der Waals surface area contributed by atoms with Crippen molar-refractivity contribution in [3.8, 4) is 0 Å². The molecule has 0 radical (unpaired) electrons. The molecular weight excluding hydrogens is 357 g/mol. The molecule has 2 aromatic carbocycles. The van der Waals surface area contributed by atoms with Gasteiger partial charge in [0.2, 0.25) is 0 Å². The van der Waals surface area contributed by atoms with Crippen LogP contribution in [0.25, 0.3) is 0 Å². The maximum absolute atomic E-state index is 12.8. The van der Waals surface area contributed by atoms with Crippen molar-refractivity contribution in [2.75, 3.05) is 26.2 Å². The molecule has 1 fully saturated rings. The molecule has 3 rings (SSSR count). The Kier molecular flexibility index (Phi) is 5.82. The zero-order valence-corrected chi connectivity index (χ0v) is 14.7. The highest BCUT2D eigenvalue weighted by Crippen LogP contribution is 2.29. The number of nitrogens with zero attached hydrogens (tertiary/aromatic N) is 2. The molecule has 144 valence electrons. The van der Waals surface area contributed by atoms with Gasteiger partial charge >= 0.3 is 12.1 Å². The van der Waals surface area contributed by atoms with E-state index in [-0.39, 0.29) is 5.56 Å². The number of rotatable bonds is 5. The van der Waals surface area contributed by atoms with Gasteiger partial charge < -0.3 is 5.11 Å². The Morgan fingerprint density at radius 3 is 1.93 bits per heavy atom. The van der Waals surface area contributed by atoms with Crippen LogP contribution in [0.2, 0.25) is 0 Å². The largest absolute Gasteiger partial charge is 0.478 e. The summed E-state index contributed by atoms with van der Waals surface area (Å²) in [5, 5.41) is 9.07. The Hall–Kier alpha value is -2.38. The van der Waals surface area contributed by atoms with Gasteiger partial charge in [-0.2, -0.15) is 13.2 Å². The molecule has 1 N–H and O–H groups in total. The van der Waals surface area contributed by atoms with Gasteiger partial charge in [0.25, 0.3) is 0 Å². The molecule has 0 saturated carbocycles. The average molecular weight is 378 g/mol. The molecule has 0 aromatic heterocycles. The molecule has 0 amide bonds. The third-order valence-corrected chi connectivity index (χ3v) is 4.71. The van der Waals surface area contributed by atoms with Crippen LogP contribution in [-0.4, -0.2) is 47.1 Å². The Bertz CT molecular complexity index is 800. The Morgan fingerprint density at radius 1 is 0.889 bits per heavy atom. The third-order valence-electron chi connectivity index (χ3n) is 4.71. The minimum Gasteiger partial charge on any atom is -0.478 e. The second kappa shape index (κ2) is 8.10. The van der Waals surface area contributed by atoms with Gasteiger partial charge in [-0.3, -0.25) is 9.80 Å². The minimum atomic E-state index is -4.32. The van der Waals surface area contributed by atoms with Crippen molar-refractivity contribution in [2.45, 2.75) is 19.3 Å². The monoisotopic (exact) mass is 378 g/mol. The van der Waals surface area contributed by atoms with Crippen LogP contribution >= 0.6 is 0 Å². The normalized spacial score (nSPS) is 16.4. The summed E-state index contributed by atoms with van der Waals surface area (Å²) < 4.78 is 38.5. The van der Waals surface area contributed by atoms with Crippen LogP contribution in [0.5, 0.6) is 0 Å². The number of halogens is 3. The van der Waals surface area contributed by atoms with Gasteiger partial charge in [-0.25, -0.2) is 4.79 Å². The molecule has 2 aromatic rings. The molecule has 0 atom stereocenters. The van der Waals surface area contributed by atoms with E-state index in [4.69, 9.17) is 5.11 Å². The van der Waals surface area contributed by atoms with Gasteiger partial charge in [0.1, 0.15) is 0 Å². The standard InChI is InChI=1S/C20H21F3N2O2/c21-20(22,23)18-6-2-4-16(12-18)14-25-9-7-24(8-10-25)13-15-3-1-5-17(11-15)19(26)27/h1-6,11-12H,7-10,13-14H2,(H,26,27). The van der Waals surface area contributed by atoms with Crippen LogP contribution in [-0.2, 0) is 19.3 Å². The number of hydrogen-bond donors (Lipinski definition) is 1. The zero-order valence-electron chi connectivity index (χ0n) is 14.7. The predicted octanol–water partition coefficient (Wildman–Crippen LogP) is 3.72. The van der Waals surface area contributed by atoms with Crippen molar-refractivity contribution in [1.82, 2.24) is 9.80 Å². The number of hydrogen-bond acceptors (Lipinski definition) is 3. The molecule has 0 unspecified atom stereocenters. The van der Waals surface area contributed by atoms with Crippen LogP contribution in [0.4, 0.5) is 13.2 Å². The molecule has 1 saturated heterocycles. The zero-order chi connectivity index (χ0) is 19.4. The van der Waals surface area contributed by atoms with Crippen LogP contribution in [0.15, 0.2) is 48.5 Å². The first-order valence-corrected chi connectivity index (χ1v) is 8.74. The predicted molar refractivity (Wildman–Crippen MR) is 95.4 cm³/mol. The van der Waals surface area contributed by atoms with Gasteiger partial charge in [0.15, 0.2) is 0 Å². The highest BCUT2D eigenvalue weighted by Gasteiger charge is 2.30.